The molecule has 222 valence electrons. The second kappa shape index (κ2) is 36.0. The van der Waals surface area contributed by atoms with E-state index in [4.69, 9.17) is 34.1 Å². The van der Waals surface area contributed by atoms with Crippen molar-refractivity contribution in [3.8, 4) is 23.0 Å². The molecule has 11 nitrogen and oxygen atoms in total. The fourth-order valence-electron chi connectivity index (χ4n) is 2.39. The van der Waals surface area contributed by atoms with Crippen molar-refractivity contribution in [2.24, 2.45) is 0 Å². The number of alkyl halides is 1. The molecule has 0 aliphatic heterocycles. The van der Waals surface area contributed by atoms with Gasteiger partial charge < -0.3 is 40.4 Å². The Balaban J connectivity index is -0.000000157. The molecule has 0 heterocycles. The molecule has 2 aromatic rings. The monoisotopic (exact) mass is 696 g/mol. The van der Waals surface area contributed by atoms with E-state index in [9.17, 15) is 9.59 Å². The Morgan fingerprint density at radius 3 is 1.76 bits per heavy atom. The number of benzene rings is 2. The third-order valence-corrected chi connectivity index (χ3v) is 4.61. The third kappa shape index (κ3) is 32.5. The molecule has 0 aliphatic rings. The fourth-order valence-corrected chi connectivity index (χ4v) is 2.67. The molecule has 2 aromatic carbocycles. The Hall–Kier alpha value is -0.237. The van der Waals surface area contributed by atoms with Crippen molar-refractivity contribution in [2.75, 3.05) is 39.4 Å². The van der Waals surface area contributed by atoms with E-state index in [1.54, 1.807) is 45.4 Å². The molecule has 41 heavy (non-hydrogen) atoms. The average Bonchev–Trinajstić information content (AvgIpc) is 2.95. The van der Waals surface area contributed by atoms with Gasteiger partial charge in [0.05, 0.1) is 34.0 Å². The normalized spacial score (nSPS) is 8.54. The van der Waals surface area contributed by atoms with Crippen molar-refractivity contribution < 1.29 is 158 Å². The Morgan fingerprint density at radius 1 is 0.878 bits per heavy atom. The summed E-state index contributed by atoms with van der Waals surface area (Å²) in [4.78, 5) is 32.9. The molecule has 0 amide bonds. The van der Waals surface area contributed by atoms with Gasteiger partial charge in [0.15, 0.2) is 0 Å². The number of halogens is 1. The van der Waals surface area contributed by atoms with Gasteiger partial charge in [0, 0.05) is 30.3 Å². The fraction of sp³-hybridized carbons (Fsp3) is 0.444. The van der Waals surface area contributed by atoms with Crippen LogP contribution in [0.25, 0.3) is 0 Å². The first kappa shape index (κ1) is 47.7. The number of carbonyl (C=O) groups excluding carboxylic acids is 3. The van der Waals surface area contributed by atoms with Gasteiger partial charge in [0.1, 0.15) is 23.0 Å². The number of hydrogen-bond donors (Lipinski definition) is 1. The molecular formula is C27H39BrK2O11. The van der Waals surface area contributed by atoms with Crippen LogP contribution >= 0.6 is 15.9 Å². The first-order chi connectivity index (χ1) is 18.8. The summed E-state index contributed by atoms with van der Waals surface area (Å²) in [7, 11) is 3.18. The van der Waals surface area contributed by atoms with Gasteiger partial charge >= 0.3 is 115 Å². The standard InChI is InChI=1S/C13H18O4.C7H8O2.C6H11BrO2.CH2O3.2K.H/c1-3-16-13(14)8-5-9-17-12-7-4-6-11(10-12)15-2;1-9-7-4-2-3-6(8)5-7;1-2-9-6(8)4-3-5-7;2-1-4-3;;;/h4,6-7,10H,3,5,8-9H2,1-2H3;2-5,8H,1H3;2-5H2,1H3;1,3H;;;/q;;;;2*+1;-1/p-1. The van der Waals surface area contributed by atoms with Crippen molar-refractivity contribution in [3.05, 3.63) is 48.5 Å². The van der Waals surface area contributed by atoms with Crippen LogP contribution in [0.1, 0.15) is 41.0 Å². The number of carbonyl (C=O) groups is 3. The van der Waals surface area contributed by atoms with E-state index in [0.717, 1.165) is 23.2 Å². The maximum absolute atomic E-state index is 11.1. The van der Waals surface area contributed by atoms with Gasteiger partial charge in [0.25, 0.3) is 6.47 Å². The summed E-state index contributed by atoms with van der Waals surface area (Å²) in [6, 6.07) is 14.0. The topological polar surface area (TPSA) is 150 Å². The van der Waals surface area contributed by atoms with Gasteiger partial charge in [0.2, 0.25) is 0 Å². The van der Waals surface area contributed by atoms with E-state index in [2.05, 4.69) is 25.6 Å². The molecule has 0 radical (unpaired) electrons. The van der Waals surface area contributed by atoms with Crippen LogP contribution in [0.15, 0.2) is 48.5 Å². The number of rotatable bonds is 13. The van der Waals surface area contributed by atoms with Crippen LogP contribution in [0.3, 0.4) is 0 Å². The predicted octanol–water partition coefficient (Wildman–Crippen LogP) is -1.90. The van der Waals surface area contributed by atoms with Gasteiger partial charge in [-0.05, 0) is 51.0 Å². The Morgan fingerprint density at radius 2 is 1.34 bits per heavy atom. The van der Waals surface area contributed by atoms with Crippen molar-refractivity contribution in [1.82, 2.24) is 0 Å². The summed E-state index contributed by atoms with van der Waals surface area (Å²) in [5, 5.41) is 18.2. The second-order valence-corrected chi connectivity index (χ2v) is 7.72. The van der Waals surface area contributed by atoms with Crippen LogP contribution in [-0.2, 0) is 28.7 Å². The SMILES string of the molecule is CCOC(=O)CCCBr.CCOC(=O)CCCOc1cccc(OC)c1.COc1cccc(O)c1.O=CO[O-].[H-].[K+].[K+]. The number of hydrogen-bond acceptors (Lipinski definition) is 11. The molecule has 0 atom stereocenters. The van der Waals surface area contributed by atoms with Crippen molar-refractivity contribution in [3.63, 3.8) is 0 Å². The molecular weight excluding hydrogens is 658 g/mol. The average molecular weight is 698 g/mol. The zero-order valence-corrected chi connectivity index (χ0v) is 32.6. The zero-order chi connectivity index (χ0) is 29.7. The summed E-state index contributed by atoms with van der Waals surface area (Å²) >= 11 is 3.22. The number of methoxy groups -OCH3 is 2. The first-order valence-corrected chi connectivity index (χ1v) is 13.1. The molecule has 14 heteroatoms. The summed E-state index contributed by atoms with van der Waals surface area (Å²) in [5.74, 6) is 2.13. The van der Waals surface area contributed by atoms with E-state index >= 15 is 0 Å². The van der Waals surface area contributed by atoms with Crippen LogP contribution in [0.5, 0.6) is 23.0 Å². The van der Waals surface area contributed by atoms with Crippen molar-refractivity contribution >= 4 is 34.3 Å². The minimum absolute atomic E-state index is 0. The summed E-state index contributed by atoms with van der Waals surface area (Å²) in [6.45, 7) is 4.83. The van der Waals surface area contributed by atoms with Crippen LogP contribution in [0.2, 0.25) is 0 Å². The first-order valence-electron chi connectivity index (χ1n) is 12.0. The molecule has 2 rings (SSSR count). The smallest absolute Gasteiger partial charge is 1.00 e. The Labute approximate surface area is 337 Å². The molecule has 0 saturated heterocycles. The molecule has 0 unspecified atom stereocenters. The van der Waals surface area contributed by atoms with Crippen molar-refractivity contribution in [2.45, 2.75) is 39.5 Å². The molecule has 0 fully saturated rings. The number of aromatic hydroxyl groups is 1. The molecule has 0 saturated carbocycles. The van der Waals surface area contributed by atoms with Crippen LogP contribution in [0, 0.1) is 0 Å². The van der Waals surface area contributed by atoms with E-state index in [-0.39, 0.29) is 128 Å². The minimum Gasteiger partial charge on any atom is -1.00 e. The van der Waals surface area contributed by atoms with Crippen LogP contribution in [-0.4, -0.2) is 62.9 Å². The maximum atomic E-state index is 11.1. The minimum atomic E-state index is -0.181. The number of phenols is 1. The van der Waals surface area contributed by atoms with E-state index in [1.165, 1.54) is 0 Å². The van der Waals surface area contributed by atoms with Gasteiger partial charge in [-0.1, -0.05) is 28.1 Å². The predicted molar refractivity (Wildman–Crippen MR) is 147 cm³/mol. The molecule has 0 aromatic heterocycles. The quantitative estimate of drug-likeness (QED) is 0.0476. The van der Waals surface area contributed by atoms with E-state index in [1.807, 2.05) is 31.2 Å². The van der Waals surface area contributed by atoms with Crippen LogP contribution < -0.4 is 122 Å². The Kier molecular flexibility index (Phi) is 41.8. The van der Waals surface area contributed by atoms with E-state index < -0.39 is 0 Å². The van der Waals surface area contributed by atoms with Crippen LogP contribution in [0.4, 0.5) is 0 Å². The van der Waals surface area contributed by atoms with E-state index in [0.29, 0.717) is 44.8 Å². The molecule has 0 spiro atoms. The number of esters is 2. The van der Waals surface area contributed by atoms with Gasteiger partial charge in [-0.3, -0.25) is 14.4 Å². The number of ether oxygens (including phenoxy) is 5. The molecule has 1 N–H and O–H groups in total. The molecule has 0 bridgehead atoms. The van der Waals surface area contributed by atoms with Crippen molar-refractivity contribution in [1.29, 1.82) is 0 Å². The zero-order valence-electron chi connectivity index (χ0n) is 25.8. The van der Waals surface area contributed by atoms with Gasteiger partial charge in [-0.25, -0.2) is 0 Å². The van der Waals surface area contributed by atoms with Gasteiger partial charge in [-0.2, -0.15) is 0 Å². The summed E-state index contributed by atoms with van der Waals surface area (Å²) < 4.78 is 24.9. The third-order valence-electron chi connectivity index (χ3n) is 4.05. The summed E-state index contributed by atoms with van der Waals surface area (Å²) in [6.07, 6.45) is 2.42. The second-order valence-electron chi connectivity index (χ2n) is 6.93. The number of phenolic OH excluding ortho intramolecular Hbond substituents is 1. The maximum Gasteiger partial charge on any atom is 1.00 e. The summed E-state index contributed by atoms with van der Waals surface area (Å²) in [5.41, 5.74) is 0. The Bertz CT molecular complexity index is 912. The van der Waals surface area contributed by atoms with Gasteiger partial charge in [-0.15, -0.1) is 0 Å². The largest absolute Gasteiger partial charge is 1.00 e. The molecule has 0 aliphatic carbocycles.